The van der Waals surface area contributed by atoms with Crippen LogP contribution in [0, 0.1) is 6.92 Å². The number of hydrogen-bond donors (Lipinski definition) is 1. The number of rotatable bonds is 9. The average Bonchev–Trinajstić information content (AvgIpc) is 3.12. The molecule has 0 aliphatic rings. The number of nitrogens with zero attached hydrogens (tertiary/aromatic N) is 1. The Labute approximate surface area is 228 Å². The van der Waals surface area contributed by atoms with Gasteiger partial charge in [-0.25, -0.2) is 4.79 Å². The van der Waals surface area contributed by atoms with Gasteiger partial charge in [-0.15, -0.1) is 26.3 Å². The Morgan fingerprint density at radius 3 is 2.07 bits per heavy atom. The quantitative estimate of drug-likeness (QED) is 0.171. The number of carbonyl (C=O) groups is 2. The van der Waals surface area contributed by atoms with Gasteiger partial charge in [-0.05, 0) is 67.9 Å². The van der Waals surface area contributed by atoms with Crippen molar-refractivity contribution in [2.45, 2.75) is 39.2 Å². The first kappa shape index (κ1) is 29.3. The largest absolute Gasteiger partial charge is 0.573 e. The molecule has 1 heterocycles. The van der Waals surface area contributed by atoms with Crippen LogP contribution in [-0.4, -0.2) is 40.3 Å². The second kappa shape index (κ2) is 11.1. The van der Waals surface area contributed by atoms with Crippen LogP contribution in [0.1, 0.15) is 34.1 Å². The number of carboxylic acid groups (broad SMARTS) is 1. The highest BCUT2D eigenvalue weighted by molar-refractivity contribution is 6.17. The second-order valence-corrected chi connectivity index (χ2v) is 8.92. The van der Waals surface area contributed by atoms with Crippen LogP contribution in [0.25, 0.3) is 10.9 Å². The van der Waals surface area contributed by atoms with E-state index in [1.54, 1.807) is 35.8 Å². The number of aromatic nitrogens is 1. The monoisotopic (exact) mass is 581 g/mol. The summed E-state index contributed by atoms with van der Waals surface area (Å²) in [7, 11) is 0. The first-order chi connectivity index (χ1) is 19.1. The van der Waals surface area contributed by atoms with Gasteiger partial charge in [-0.1, -0.05) is 12.1 Å². The smallest absolute Gasteiger partial charge is 0.479 e. The maximum absolute atomic E-state index is 13.5. The molecule has 1 atom stereocenters. The third kappa shape index (κ3) is 7.10. The van der Waals surface area contributed by atoms with Gasteiger partial charge >= 0.3 is 18.7 Å². The molecule has 0 spiro atoms. The maximum Gasteiger partial charge on any atom is 0.573 e. The molecule has 0 unspecified atom stereocenters. The third-order valence-electron chi connectivity index (χ3n) is 6.01. The van der Waals surface area contributed by atoms with Gasteiger partial charge in [-0.2, -0.15) is 0 Å². The molecular formula is C28H21F6NO6. The molecule has 0 radical (unpaired) electrons. The van der Waals surface area contributed by atoms with Crippen molar-refractivity contribution in [3.05, 3.63) is 89.1 Å². The molecule has 0 saturated heterocycles. The lowest BCUT2D eigenvalue weighted by Crippen LogP contribution is -2.22. The fourth-order valence-corrected chi connectivity index (χ4v) is 4.25. The summed E-state index contributed by atoms with van der Waals surface area (Å²) < 4.78 is 91.3. The molecule has 41 heavy (non-hydrogen) atoms. The van der Waals surface area contributed by atoms with Gasteiger partial charge in [0, 0.05) is 29.3 Å². The highest BCUT2D eigenvalue weighted by Gasteiger charge is 2.32. The van der Waals surface area contributed by atoms with E-state index in [9.17, 15) is 35.9 Å². The van der Waals surface area contributed by atoms with E-state index in [2.05, 4.69) is 9.47 Å². The Bertz CT molecular complexity index is 1590. The molecule has 13 heteroatoms. The Kier molecular flexibility index (Phi) is 7.91. The number of carbonyl (C=O) groups excluding carboxylic acids is 1. The summed E-state index contributed by atoms with van der Waals surface area (Å²) in [4.78, 5) is 24.7. The van der Waals surface area contributed by atoms with Crippen molar-refractivity contribution in [1.29, 1.82) is 0 Å². The molecule has 4 rings (SSSR count). The normalized spacial score (nSPS) is 12.7. The van der Waals surface area contributed by atoms with Crippen LogP contribution in [0.15, 0.2) is 66.7 Å². The van der Waals surface area contributed by atoms with Crippen LogP contribution < -0.4 is 14.2 Å². The van der Waals surface area contributed by atoms with Crippen LogP contribution in [0.5, 0.6) is 17.2 Å². The first-order valence-corrected chi connectivity index (χ1v) is 11.9. The van der Waals surface area contributed by atoms with E-state index in [0.717, 1.165) is 36.4 Å². The average molecular weight is 581 g/mol. The molecular weight excluding hydrogens is 560 g/mol. The minimum absolute atomic E-state index is 0.0235. The molecule has 0 aliphatic carbocycles. The molecule has 0 saturated carbocycles. The molecule has 216 valence electrons. The van der Waals surface area contributed by atoms with Crippen molar-refractivity contribution in [3.63, 3.8) is 0 Å². The summed E-state index contributed by atoms with van der Waals surface area (Å²) >= 11 is 0. The zero-order valence-corrected chi connectivity index (χ0v) is 21.3. The van der Waals surface area contributed by atoms with Crippen molar-refractivity contribution in [2.75, 3.05) is 0 Å². The zero-order chi connectivity index (χ0) is 30.1. The van der Waals surface area contributed by atoms with E-state index >= 15 is 0 Å². The summed E-state index contributed by atoms with van der Waals surface area (Å²) in [6.45, 7) is 2.97. The van der Waals surface area contributed by atoms with Crippen molar-refractivity contribution in [2.24, 2.45) is 0 Å². The van der Waals surface area contributed by atoms with Crippen molar-refractivity contribution in [3.8, 4) is 17.2 Å². The number of ether oxygens (including phenoxy) is 3. The highest BCUT2D eigenvalue weighted by Crippen LogP contribution is 2.34. The Morgan fingerprint density at radius 1 is 0.854 bits per heavy atom. The number of halogens is 6. The van der Waals surface area contributed by atoms with Gasteiger partial charge in [0.25, 0.3) is 0 Å². The molecule has 1 N–H and O–H groups in total. The summed E-state index contributed by atoms with van der Waals surface area (Å²) in [6.07, 6.45) is -11.0. The number of carboxylic acids is 1. The van der Waals surface area contributed by atoms with Crippen molar-refractivity contribution >= 4 is 22.7 Å². The molecule has 0 bridgehead atoms. The van der Waals surface area contributed by atoms with Crippen molar-refractivity contribution < 1.29 is 55.2 Å². The molecule has 0 fully saturated rings. The summed E-state index contributed by atoms with van der Waals surface area (Å²) in [5, 5.41) is 9.39. The van der Waals surface area contributed by atoms with Gasteiger partial charge in [-0.3, -0.25) is 4.79 Å². The molecule has 3 aromatic carbocycles. The van der Waals surface area contributed by atoms with E-state index in [-0.39, 0.29) is 34.3 Å². The van der Waals surface area contributed by atoms with E-state index < -0.39 is 42.1 Å². The topological polar surface area (TPSA) is 87.0 Å². The standard InChI is InChI=1S/C28H21F6NO6/c1-15-24(25(36)18-6-8-19(9-7-18)40-27(29,30)31)22-11-10-21(41-28(32,33)34)13-23(22)35(15)14-17-4-3-5-20(12-17)39-16(2)26(37)38/h3-13,16H,14H2,1-2H3,(H,37,38)/t16-/m1/s1. The van der Waals surface area contributed by atoms with Crippen LogP contribution in [0.4, 0.5) is 26.3 Å². The van der Waals surface area contributed by atoms with E-state index in [4.69, 9.17) is 9.84 Å². The first-order valence-electron chi connectivity index (χ1n) is 11.9. The summed E-state index contributed by atoms with van der Waals surface area (Å²) in [5.41, 5.74) is 1.30. The lowest BCUT2D eigenvalue weighted by Gasteiger charge is -2.14. The van der Waals surface area contributed by atoms with Gasteiger partial charge in [0.1, 0.15) is 17.2 Å². The maximum atomic E-state index is 13.5. The number of benzene rings is 3. The van der Waals surface area contributed by atoms with Gasteiger partial charge in [0.2, 0.25) is 0 Å². The minimum Gasteiger partial charge on any atom is -0.479 e. The predicted molar refractivity (Wildman–Crippen MR) is 133 cm³/mol. The third-order valence-corrected chi connectivity index (χ3v) is 6.01. The number of ketones is 1. The van der Waals surface area contributed by atoms with Crippen LogP contribution >= 0.6 is 0 Å². The van der Waals surface area contributed by atoms with E-state index in [1.165, 1.54) is 13.0 Å². The van der Waals surface area contributed by atoms with Gasteiger partial charge < -0.3 is 23.9 Å². The molecule has 0 aliphatic heterocycles. The highest BCUT2D eigenvalue weighted by atomic mass is 19.4. The summed E-state index contributed by atoms with van der Waals surface area (Å²) in [6, 6.07) is 14.1. The number of hydrogen-bond acceptors (Lipinski definition) is 5. The molecule has 7 nitrogen and oxygen atoms in total. The van der Waals surface area contributed by atoms with E-state index in [1.807, 2.05) is 0 Å². The molecule has 4 aromatic rings. The Hall–Kier alpha value is -4.68. The zero-order valence-electron chi connectivity index (χ0n) is 21.3. The van der Waals surface area contributed by atoms with Crippen molar-refractivity contribution in [1.82, 2.24) is 4.57 Å². The fourth-order valence-electron chi connectivity index (χ4n) is 4.25. The fraction of sp³-hybridized carbons (Fsp3) is 0.214. The van der Waals surface area contributed by atoms with Crippen LogP contribution in [0.3, 0.4) is 0 Å². The SMILES string of the molecule is Cc1c(C(=O)c2ccc(OC(F)(F)F)cc2)c2ccc(OC(F)(F)F)cc2n1Cc1cccc(O[C@H](C)C(=O)O)c1. The van der Waals surface area contributed by atoms with Gasteiger partial charge in [0.15, 0.2) is 11.9 Å². The predicted octanol–water partition coefficient (Wildman–Crippen LogP) is 6.88. The lowest BCUT2D eigenvalue weighted by molar-refractivity contribution is -0.275. The minimum atomic E-state index is -4.97. The van der Waals surface area contributed by atoms with E-state index in [0.29, 0.717) is 11.3 Å². The Morgan fingerprint density at radius 2 is 1.46 bits per heavy atom. The summed E-state index contributed by atoms with van der Waals surface area (Å²) in [5.74, 6) is -2.57. The van der Waals surface area contributed by atoms with Gasteiger partial charge in [0.05, 0.1) is 11.1 Å². The Balaban J connectivity index is 1.77. The number of fused-ring (bicyclic) bond motifs is 1. The van der Waals surface area contributed by atoms with Crippen LogP contribution in [-0.2, 0) is 11.3 Å². The number of alkyl halides is 6. The second-order valence-electron chi connectivity index (χ2n) is 8.92. The number of aliphatic carboxylic acids is 1. The molecule has 0 amide bonds. The lowest BCUT2D eigenvalue weighted by atomic mass is 10.0. The molecule has 1 aromatic heterocycles. The van der Waals surface area contributed by atoms with Crippen LogP contribution in [0.2, 0.25) is 0 Å².